The van der Waals surface area contributed by atoms with E-state index in [0.29, 0.717) is 12.0 Å². The van der Waals surface area contributed by atoms with Crippen molar-refractivity contribution in [2.24, 2.45) is 5.92 Å². The smallest absolute Gasteiger partial charge is 0.251 e. The van der Waals surface area contributed by atoms with Gasteiger partial charge in [-0.3, -0.25) is 4.79 Å². The Bertz CT molecular complexity index is 395. The van der Waals surface area contributed by atoms with Crippen molar-refractivity contribution in [1.29, 1.82) is 0 Å². The Morgan fingerprint density at radius 3 is 2.56 bits per heavy atom. The number of carbonyl (C=O) groups is 1. The summed E-state index contributed by atoms with van der Waals surface area (Å²) in [5, 5.41) is 6.36. The zero-order chi connectivity index (χ0) is 13.0. The van der Waals surface area contributed by atoms with Gasteiger partial charge in [-0.15, -0.1) is 0 Å². The molecule has 0 aliphatic heterocycles. The van der Waals surface area contributed by atoms with E-state index in [0.717, 1.165) is 24.2 Å². The second-order valence-corrected chi connectivity index (χ2v) is 5.10. The molecule has 1 aromatic carbocycles. The Labute approximate surface area is 109 Å². The van der Waals surface area contributed by atoms with Gasteiger partial charge in [0.1, 0.15) is 0 Å². The van der Waals surface area contributed by atoms with Gasteiger partial charge in [0.15, 0.2) is 0 Å². The summed E-state index contributed by atoms with van der Waals surface area (Å²) in [4.78, 5) is 12.0. The average molecular weight is 246 g/mol. The highest BCUT2D eigenvalue weighted by Crippen LogP contribution is 2.32. The number of carbonyl (C=O) groups excluding carboxylic acids is 1. The SMILES string of the molecule is CCCNc1ccc(C(=O)NC(C)C2CC2)cc1. The third kappa shape index (κ3) is 3.49. The van der Waals surface area contributed by atoms with Gasteiger partial charge in [-0.2, -0.15) is 0 Å². The van der Waals surface area contributed by atoms with Crippen LogP contribution in [0.5, 0.6) is 0 Å². The molecule has 0 saturated heterocycles. The van der Waals surface area contributed by atoms with Crippen LogP contribution in [0.15, 0.2) is 24.3 Å². The number of anilines is 1. The van der Waals surface area contributed by atoms with Gasteiger partial charge >= 0.3 is 0 Å². The Morgan fingerprint density at radius 1 is 1.33 bits per heavy atom. The van der Waals surface area contributed by atoms with Crippen LogP contribution in [0, 0.1) is 5.92 Å². The molecule has 1 amide bonds. The molecule has 1 saturated carbocycles. The van der Waals surface area contributed by atoms with Crippen molar-refractivity contribution in [2.75, 3.05) is 11.9 Å². The Hall–Kier alpha value is -1.51. The summed E-state index contributed by atoms with van der Waals surface area (Å²) in [6.07, 6.45) is 3.60. The van der Waals surface area contributed by atoms with E-state index < -0.39 is 0 Å². The molecule has 0 radical (unpaired) electrons. The van der Waals surface area contributed by atoms with E-state index in [9.17, 15) is 4.79 Å². The molecule has 1 aliphatic rings. The van der Waals surface area contributed by atoms with Gasteiger partial charge in [-0.05, 0) is 56.4 Å². The molecule has 1 fully saturated rings. The molecule has 1 unspecified atom stereocenters. The first-order valence-electron chi connectivity index (χ1n) is 6.85. The largest absolute Gasteiger partial charge is 0.385 e. The van der Waals surface area contributed by atoms with Gasteiger partial charge < -0.3 is 10.6 Å². The highest BCUT2D eigenvalue weighted by molar-refractivity contribution is 5.94. The first kappa shape index (κ1) is 12.9. The fraction of sp³-hybridized carbons (Fsp3) is 0.533. The standard InChI is InChI=1S/C15H22N2O/c1-3-10-16-14-8-6-13(7-9-14)15(18)17-11(2)12-4-5-12/h6-9,11-12,16H,3-5,10H2,1-2H3,(H,17,18). The molecule has 1 atom stereocenters. The molecule has 0 bridgehead atoms. The van der Waals surface area contributed by atoms with E-state index in [1.807, 2.05) is 24.3 Å². The third-order valence-electron chi connectivity index (χ3n) is 3.41. The minimum atomic E-state index is 0.0384. The van der Waals surface area contributed by atoms with Gasteiger partial charge in [0, 0.05) is 23.8 Å². The topological polar surface area (TPSA) is 41.1 Å². The van der Waals surface area contributed by atoms with Gasteiger partial charge in [0.25, 0.3) is 5.91 Å². The van der Waals surface area contributed by atoms with Crippen molar-refractivity contribution < 1.29 is 4.79 Å². The maximum absolute atomic E-state index is 12.0. The molecule has 1 aliphatic carbocycles. The molecule has 18 heavy (non-hydrogen) atoms. The van der Waals surface area contributed by atoms with Crippen LogP contribution >= 0.6 is 0 Å². The highest BCUT2D eigenvalue weighted by Gasteiger charge is 2.28. The molecule has 0 aromatic heterocycles. The quantitative estimate of drug-likeness (QED) is 0.810. The lowest BCUT2D eigenvalue weighted by atomic mass is 10.1. The van der Waals surface area contributed by atoms with Crippen LogP contribution in [-0.4, -0.2) is 18.5 Å². The molecule has 2 rings (SSSR count). The molecule has 0 heterocycles. The van der Waals surface area contributed by atoms with Crippen molar-refractivity contribution in [3.8, 4) is 0 Å². The van der Waals surface area contributed by atoms with Gasteiger partial charge in [0.2, 0.25) is 0 Å². The van der Waals surface area contributed by atoms with Gasteiger partial charge in [0.05, 0.1) is 0 Å². The van der Waals surface area contributed by atoms with Crippen molar-refractivity contribution in [2.45, 2.75) is 39.2 Å². The van der Waals surface area contributed by atoms with E-state index in [4.69, 9.17) is 0 Å². The van der Waals surface area contributed by atoms with Crippen LogP contribution < -0.4 is 10.6 Å². The average Bonchev–Trinajstić information content (AvgIpc) is 3.21. The fourth-order valence-electron chi connectivity index (χ4n) is 2.01. The van der Waals surface area contributed by atoms with E-state index in [1.54, 1.807) is 0 Å². The lowest BCUT2D eigenvalue weighted by molar-refractivity contribution is 0.0936. The Balaban J connectivity index is 1.89. The van der Waals surface area contributed by atoms with E-state index >= 15 is 0 Å². The predicted octanol–water partition coefficient (Wildman–Crippen LogP) is 3.04. The number of nitrogens with one attached hydrogen (secondary N) is 2. The van der Waals surface area contributed by atoms with Crippen molar-refractivity contribution >= 4 is 11.6 Å². The van der Waals surface area contributed by atoms with Crippen LogP contribution in [0.3, 0.4) is 0 Å². The van der Waals surface area contributed by atoms with Crippen LogP contribution in [-0.2, 0) is 0 Å². The first-order chi connectivity index (χ1) is 8.70. The van der Waals surface area contributed by atoms with Gasteiger partial charge in [-0.1, -0.05) is 6.92 Å². The molecule has 2 N–H and O–H groups in total. The lowest BCUT2D eigenvalue weighted by Gasteiger charge is -2.13. The molecule has 3 nitrogen and oxygen atoms in total. The van der Waals surface area contributed by atoms with Crippen molar-refractivity contribution in [3.05, 3.63) is 29.8 Å². The summed E-state index contributed by atoms with van der Waals surface area (Å²) >= 11 is 0. The number of hydrogen-bond acceptors (Lipinski definition) is 2. The maximum Gasteiger partial charge on any atom is 0.251 e. The summed E-state index contributed by atoms with van der Waals surface area (Å²) in [7, 11) is 0. The molecule has 1 aromatic rings. The molecular weight excluding hydrogens is 224 g/mol. The number of hydrogen-bond donors (Lipinski definition) is 2. The predicted molar refractivity (Wildman–Crippen MR) is 74.9 cm³/mol. The third-order valence-corrected chi connectivity index (χ3v) is 3.41. The first-order valence-corrected chi connectivity index (χ1v) is 6.85. The maximum atomic E-state index is 12.0. The van der Waals surface area contributed by atoms with E-state index in [1.165, 1.54) is 12.8 Å². The number of benzene rings is 1. The van der Waals surface area contributed by atoms with Crippen LogP contribution in [0.25, 0.3) is 0 Å². The second-order valence-electron chi connectivity index (χ2n) is 5.10. The van der Waals surface area contributed by atoms with Gasteiger partial charge in [-0.25, -0.2) is 0 Å². The van der Waals surface area contributed by atoms with Crippen LogP contribution in [0.2, 0.25) is 0 Å². The Kier molecular flexibility index (Phi) is 4.24. The summed E-state index contributed by atoms with van der Waals surface area (Å²) in [5.41, 5.74) is 1.81. The lowest BCUT2D eigenvalue weighted by Crippen LogP contribution is -2.33. The summed E-state index contributed by atoms with van der Waals surface area (Å²) < 4.78 is 0. The van der Waals surface area contributed by atoms with E-state index in [2.05, 4.69) is 24.5 Å². The van der Waals surface area contributed by atoms with E-state index in [-0.39, 0.29) is 5.91 Å². The number of rotatable bonds is 6. The molecule has 98 valence electrons. The van der Waals surface area contributed by atoms with Crippen LogP contribution in [0.1, 0.15) is 43.5 Å². The fourth-order valence-corrected chi connectivity index (χ4v) is 2.01. The normalized spacial score (nSPS) is 16.1. The van der Waals surface area contributed by atoms with Crippen LogP contribution in [0.4, 0.5) is 5.69 Å². The molecule has 3 heteroatoms. The minimum Gasteiger partial charge on any atom is -0.385 e. The number of amides is 1. The summed E-state index contributed by atoms with van der Waals surface area (Å²) in [6, 6.07) is 7.99. The zero-order valence-electron chi connectivity index (χ0n) is 11.2. The highest BCUT2D eigenvalue weighted by atomic mass is 16.1. The second kappa shape index (κ2) is 5.89. The summed E-state index contributed by atoms with van der Waals surface area (Å²) in [6.45, 7) is 5.19. The minimum absolute atomic E-state index is 0.0384. The van der Waals surface area contributed by atoms with Crippen molar-refractivity contribution in [3.63, 3.8) is 0 Å². The Morgan fingerprint density at radius 2 is 2.00 bits per heavy atom. The molecule has 0 spiro atoms. The van der Waals surface area contributed by atoms with Crippen molar-refractivity contribution in [1.82, 2.24) is 5.32 Å². The zero-order valence-corrected chi connectivity index (χ0v) is 11.2. The monoisotopic (exact) mass is 246 g/mol. The molecular formula is C15H22N2O. The summed E-state index contributed by atoms with van der Waals surface area (Å²) in [5.74, 6) is 0.732.